The number of amides is 2. The third kappa shape index (κ3) is 3.88. The maximum Gasteiger partial charge on any atom is 0.251 e. The molecule has 4 N–H and O–H groups in total. The fourth-order valence-electron chi connectivity index (χ4n) is 1.16. The second kappa shape index (κ2) is 6.37. The van der Waals surface area contributed by atoms with E-state index in [1.54, 1.807) is 0 Å². The Morgan fingerprint density at radius 1 is 1.44 bits per heavy atom. The number of carbonyl (C=O) groups excluding carboxylic acids is 2. The summed E-state index contributed by atoms with van der Waals surface area (Å²) in [6.45, 7) is -0.688. The zero-order valence-electron chi connectivity index (χ0n) is 9.37. The molecular weight excluding hydrogens is 239 g/mol. The second-order valence-corrected chi connectivity index (χ2v) is 3.30. The van der Waals surface area contributed by atoms with Gasteiger partial charge in [-0.2, -0.15) is 0 Å². The summed E-state index contributed by atoms with van der Waals surface area (Å²) in [5.41, 5.74) is 5.00. The van der Waals surface area contributed by atoms with E-state index in [0.29, 0.717) is 0 Å². The number of hydrogen-bond acceptors (Lipinski definition) is 3. The van der Waals surface area contributed by atoms with Crippen LogP contribution in [-0.4, -0.2) is 30.1 Å². The highest BCUT2D eigenvalue weighted by atomic mass is 19.1. The topological polar surface area (TPSA) is 92.4 Å². The molecule has 0 aromatic heterocycles. The Hall–Kier alpha value is -2.39. The monoisotopic (exact) mass is 250 g/mol. The highest BCUT2D eigenvalue weighted by molar-refractivity contribution is 5.96. The number of aliphatic hydroxyl groups excluding tert-OH is 1. The highest BCUT2D eigenvalue weighted by Crippen LogP contribution is 2.09. The summed E-state index contributed by atoms with van der Waals surface area (Å²) in [5.74, 6) is 2.73. The van der Waals surface area contributed by atoms with Gasteiger partial charge in [-0.05, 0) is 18.2 Å². The van der Waals surface area contributed by atoms with Gasteiger partial charge >= 0.3 is 0 Å². The Bertz CT molecular complexity index is 532. The van der Waals surface area contributed by atoms with Gasteiger partial charge in [-0.1, -0.05) is 11.8 Å². The molecule has 0 aliphatic rings. The zero-order valence-corrected chi connectivity index (χ0v) is 9.37. The number of rotatable bonds is 3. The van der Waals surface area contributed by atoms with E-state index < -0.39 is 17.6 Å². The number of aliphatic hydroxyl groups is 1. The van der Waals surface area contributed by atoms with Gasteiger partial charge in [-0.3, -0.25) is 9.59 Å². The Kier molecular flexibility index (Phi) is 4.84. The second-order valence-electron chi connectivity index (χ2n) is 3.30. The molecule has 0 saturated carbocycles. The third-order valence-electron chi connectivity index (χ3n) is 1.96. The Morgan fingerprint density at radius 2 is 2.17 bits per heavy atom. The first-order chi connectivity index (χ1) is 8.54. The zero-order chi connectivity index (χ0) is 13.5. The van der Waals surface area contributed by atoms with Gasteiger partial charge in [-0.25, -0.2) is 4.39 Å². The molecule has 2 amide bonds. The molecule has 0 bridgehead atoms. The first-order valence-corrected chi connectivity index (χ1v) is 5.00. The van der Waals surface area contributed by atoms with Crippen molar-refractivity contribution >= 4 is 11.8 Å². The van der Waals surface area contributed by atoms with Gasteiger partial charge in [0, 0.05) is 5.56 Å². The van der Waals surface area contributed by atoms with Crippen molar-refractivity contribution in [2.24, 2.45) is 5.73 Å². The highest BCUT2D eigenvalue weighted by Gasteiger charge is 2.09. The fourth-order valence-corrected chi connectivity index (χ4v) is 1.16. The van der Waals surface area contributed by atoms with Crippen LogP contribution >= 0.6 is 0 Å². The first-order valence-electron chi connectivity index (χ1n) is 5.00. The molecule has 5 nitrogen and oxygen atoms in total. The third-order valence-corrected chi connectivity index (χ3v) is 1.96. The van der Waals surface area contributed by atoms with E-state index in [2.05, 4.69) is 17.2 Å². The van der Waals surface area contributed by atoms with E-state index in [4.69, 9.17) is 10.8 Å². The van der Waals surface area contributed by atoms with E-state index in [9.17, 15) is 14.0 Å². The molecule has 0 aliphatic carbocycles. The van der Waals surface area contributed by atoms with Crippen LogP contribution in [0.4, 0.5) is 4.39 Å². The van der Waals surface area contributed by atoms with Crippen LogP contribution in [0.5, 0.6) is 0 Å². The average Bonchev–Trinajstić information content (AvgIpc) is 2.34. The van der Waals surface area contributed by atoms with Crippen molar-refractivity contribution in [3.05, 3.63) is 35.1 Å². The molecule has 0 fully saturated rings. The van der Waals surface area contributed by atoms with Gasteiger partial charge in [-0.15, -0.1) is 0 Å². The summed E-state index contributed by atoms with van der Waals surface area (Å²) in [7, 11) is 0. The minimum atomic E-state index is -0.686. The van der Waals surface area contributed by atoms with Crippen molar-refractivity contribution in [1.82, 2.24) is 5.32 Å². The van der Waals surface area contributed by atoms with Crippen molar-refractivity contribution in [2.75, 3.05) is 13.2 Å². The van der Waals surface area contributed by atoms with Crippen LogP contribution in [-0.2, 0) is 4.79 Å². The van der Waals surface area contributed by atoms with Gasteiger partial charge in [0.1, 0.15) is 12.4 Å². The van der Waals surface area contributed by atoms with Crippen molar-refractivity contribution in [3.8, 4) is 11.8 Å². The average molecular weight is 250 g/mol. The van der Waals surface area contributed by atoms with Crippen LogP contribution in [0.15, 0.2) is 18.2 Å². The molecule has 0 saturated heterocycles. The number of benzene rings is 1. The van der Waals surface area contributed by atoms with E-state index in [1.165, 1.54) is 12.1 Å². The number of nitrogens with two attached hydrogens (primary N) is 1. The van der Waals surface area contributed by atoms with Gasteiger partial charge in [0.2, 0.25) is 5.91 Å². The lowest BCUT2D eigenvalue weighted by atomic mass is 10.1. The van der Waals surface area contributed by atoms with Crippen LogP contribution in [0.25, 0.3) is 0 Å². The molecule has 0 atom stereocenters. The van der Waals surface area contributed by atoms with E-state index in [0.717, 1.165) is 6.07 Å². The van der Waals surface area contributed by atoms with Crippen LogP contribution in [0, 0.1) is 17.7 Å². The molecule has 0 spiro atoms. The lowest BCUT2D eigenvalue weighted by Crippen LogP contribution is -2.33. The molecule has 94 valence electrons. The molecule has 0 radical (unpaired) electrons. The maximum absolute atomic E-state index is 13.5. The molecule has 1 rings (SSSR count). The van der Waals surface area contributed by atoms with Crippen LogP contribution in [0.2, 0.25) is 0 Å². The molecular formula is C12H11FN2O3. The standard InChI is InChI=1S/C12H11FN2O3/c13-10-6-9(12(18)15-7-11(14)17)4-3-8(10)2-1-5-16/h3-4,6,16H,5,7H2,(H2,14,17)(H,15,18). The summed E-state index contributed by atoms with van der Waals surface area (Å²) < 4.78 is 13.5. The molecule has 0 unspecified atom stereocenters. The van der Waals surface area contributed by atoms with Gasteiger partial charge in [0.15, 0.2) is 0 Å². The number of halogens is 1. The van der Waals surface area contributed by atoms with Crippen LogP contribution < -0.4 is 11.1 Å². The summed E-state index contributed by atoms with van der Waals surface area (Å²) in [6, 6.07) is 3.68. The van der Waals surface area contributed by atoms with Crippen LogP contribution in [0.1, 0.15) is 15.9 Å². The van der Waals surface area contributed by atoms with E-state index in [1.807, 2.05) is 0 Å². The Balaban J connectivity index is 2.83. The number of primary amides is 1. The maximum atomic E-state index is 13.5. The summed E-state index contributed by atoms with van der Waals surface area (Å²) in [4.78, 5) is 21.9. The van der Waals surface area contributed by atoms with E-state index >= 15 is 0 Å². The van der Waals surface area contributed by atoms with Crippen molar-refractivity contribution in [3.63, 3.8) is 0 Å². The predicted octanol–water partition coefficient (Wildman–Crippen LogP) is -0.615. The van der Waals surface area contributed by atoms with Gasteiger partial charge in [0.05, 0.1) is 12.1 Å². The molecule has 0 heterocycles. The Labute approximate surface area is 103 Å². The predicted molar refractivity (Wildman–Crippen MR) is 61.9 cm³/mol. The van der Waals surface area contributed by atoms with Crippen molar-refractivity contribution in [1.29, 1.82) is 0 Å². The largest absolute Gasteiger partial charge is 0.384 e. The summed E-state index contributed by atoms with van der Waals surface area (Å²) in [6.07, 6.45) is 0. The first kappa shape index (κ1) is 13.7. The van der Waals surface area contributed by atoms with Crippen LogP contribution in [0.3, 0.4) is 0 Å². The SMILES string of the molecule is NC(=O)CNC(=O)c1ccc(C#CCO)c(F)c1. The normalized spacial score (nSPS) is 9.22. The quantitative estimate of drug-likeness (QED) is 0.624. The minimum absolute atomic E-state index is 0.0586. The molecule has 6 heteroatoms. The summed E-state index contributed by atoms with van der Waals surface area (Å²) in [5, 5.41) is 10.7. The molecule has 1 aromatic rings. The number of nitrogens with one attached hydrogen (secondary N) is 1. The molecule has 0 aliphatic heterocycles. The lowest BCUT2D eigenvalue weighted by molar-refractivity contribution is -0.117. The van der Waals surface area contributed by atoms with Gasteiger partial charge in [0.25, 0.3) is 5.91 Å². The molecule has 1 aromatic carbocycles. The van der Waals surface area contributed by atoms with Crippen molar-refractivity contribution < 1.29 is 19.1 Å². The van der Waals surface area contributed by atoms with Crippen molar-refractivity contribution in [2.45, 2.75) is 0 Å². The lowest BCUT2D eigenvalue weighted by Gasteiger charge is -2.03. The minimum Gasteiger partial charge on any atom is -0.384 e. The smallest absolute Gasteiger partial charge is 0.251 e. The number of carbonyl (C=O) groups is 2. The fraction of sp³-hybridized carbons (Fsp3) is 0.167. The van der Waals surface area contributed by atoms with Gasteiger partial charge < -0.3 is 16.2 Å². The molecule has 18 heavy (non-hydrogen) atoms. The summed E-state index contributed by atoms with van der Waals surface area (Å²) >= 11 is 0. The Morgan fingerprint density at radius 3 is 2.72 bits per heavy atom. The van der Waals surface area contributed by atoms with E-state index in [-0.39, 0.29) is 24.3 Å². The number of hydrogen-bond donors (Lipinski definition) is 3.